The van der Waals surface area contributed by atoms with Gasteiger partial charge in [0, 0.05) is 19.3 Å². The summed E-state index contributed by atoms with van der Waals surface area (Å²) >= 11 is 0. The molecular formula is C67H118O6. The Morgan fingerprint density at radius 1 is 0.274 bits per heavy atom. The number of hydrogen-bond donors (Lipinski definition) is 0. The molecule has 1 atom stereocenters. The molecule has 6 nitrogen and oxygen atoms in total. The molecule has 6 heteroatoms. The van der Waals surface area contributed by atoms with Gasteiger partial charge in [0.2, 0.25) is 0 Å². The molecule has 0 heterocycles. The van der Waals surface area contributed by atoms with E-state index in [4.69, 9.17) is 14.2 Å². The lowest BCUT2D eigenvalue weighted by atomic mass is 10.1. The molecule has 0 aliphatic carbocycles. The summed E-state index contributed by atoms with van der Waals surface area (Å²) in [6.45, 7) is 6.60. The zero-order valence-electron chi connectivity index (χ0n) is 48.4. The molecule has 0 aliphatic rings. The molecule has 0 bridgehead atoms. The molecule has 0 radical (unpaired) electrons. The molecule has 422 valence electrons. The molecule has 0 aromatic heterocycles. The Labute approximate surface area is 453 Å². The first kappa shape index (κ1) is 69.8. The summed E-state index contributed by atoms with van der Waals surface area (Å²) in [5.41, 5.74) is 0. The van der Waals surface area contributed by atoms with Crippen molar-refractivity contribution in [1.29, 1.82) is 0 Å². The van der Waals surface area contributed by atoms with Crippen molar-refractivity contribution in [3.63, 3.8) is 0 Å². The Bertz CT molecular complexity index is 1360. The van der Waals surface area contributed by atoms with E-state index in [-0.39, 0.29) is 31.1 Å². The zero-order valence-corrected chi connectivity index (χ0v) is 48.4. The van der Waals surface area contributed by atoms with Crippen LogP contribution in [0.1, 0.15) is 316 Å². The van der Waals surface area contributed by atoms with Crippen LogP contribution in [0, 0.1) is 0 Å². The number of carbonyl (C=O) groups excluding carboxylic acids is 3. The smallest absolute Gasteiger partial charge is 0.306 e. The highest BCUT2D eigenvalue weighted by Crippen LogP contribution is 2.16. The lowest BCUT2D eigenvalue weighted by Gasteiger charge is -2.18. The van der Waals surface area contributed by atoms with Crippen molar-refractivity contribution in [2.75, 3.05) is 13.2 Å². The van der Waals surface area contributed by atoms with Gasteiger partial charge >= 0.3 is 17.9 Å². The Balaban J connectivity index is 4.41. The van der Waals surface area contributed by atoms with E-state index in [9.17, 15) is 14.4 Å². The quantitative estimate of drug-likeness (QED) is 0.0261. The standard InChI is InChI=1S/C67H118O6/c1-4-7-10-13-16-19-22-25-28-31-33-36-39-42-45-48-51-54-57-60-66(69)72-63-64(62-71-65(68)59-56-53-50-47-44-41-38-35-30-27-24-21-18-15-12-9-6-3)73-67(70)61-58-55-52-49-46-43-40-37-34-32-29-26-23-20-17-14-11-8-5-2/h16,18-19,21,25-30,33,36,64H,4-15,17,20,22-24,31-32,34-35,37-63H2,1-3H3/b19-16-,21-18-,28-25-,29-26-,30-27-,36-33-/t64-/m1/s1. The molecule has 0 unspecified atom stereocenters. The van der Waals surface area contributed by atoms with Crippen molar-refractivity contribution in [3.05, 3.63) is 72.9 Å². The average molecular weight is 1020 g/mol. The van der Waals surface area contributed by atoms with Crippen molar-refractivity contribution < 1.29 is 28.6 Å². The van der Waals surface area contributed by atoms with E-state index in [1.165, 1.54) is 186 Å². The minimum absolute atomic E-state index is 0.0836. The minimum atomic E-state index is -0.787. The van der Waals surface area contributed by atoms with Crippen LogP contribution in [0.3, 0.4) is 0 Å². The van der Waals surface area contributed by atoms with Gasteiger partial charge in [0.05, 0.1) is 0 Å². The number of esters is 3. The number of ether oxygens (including phenoxy) is 3. The first-order chi connectivity index (χ1) is 36.0. The topological polar surface area (TPSA) is 78.9 Å². The van der Waals surface area contributed by atoms with Crippen molar-refractivity contribution in [1.82, 2.24) is 0 Å². The van der Waals surface area contributed by atoms with Gasteiger partial charge in [0.25, 0.3) is 0 Å². The van der Waals surface area contributed by atoms with Crippen LogP contribution in [0.2, 0.25) is 0 Å². The van der Waals surface area contributed by atoms with Crippen LogP contribution in [0.4, 0.5) is 0 Å². The SMILES string of the molecule is CCCCC/C=C\C/C=C\C/C=C\CCCCCCCCC(=O)OC[C@@H](COC(=O)CCCCCCCCC/C=C\C/C=C\CCCCC)OC(=O)CCCCCCCCCCC/C=C\CCCCCCCC. The van der Waals surface area contributed by atoms with Gasteiger partial charge in [-0.1, -0.05) is 254 Å². The molecule has 73 heavy (non-hydrogen) atoms. The van der Waals surface area contributed by atoms with Crippen LogP contribution in [0.15, 0.2) is 72.9 Å². The maximum Gasteiger partial charge on any atom is 0.306 e. The fourth-order valence-electron chi connectivity index (χ4n) is 8.89. The Hall–Kier alpha value is -3.15. The average Bonchev–Trinajstić information content (AvgIpc) is 3.39. The second-order valence-corrected chi connectivity index (χ2v) is 21.0. The largest absolute Gasteiger partial charge is 0.462 e. The Kier molecular flexibility index (Phi) is 58.7. The number of hydrogen-bond acceptors (Lipinski definition) is 6. The monoisotopic (exact) mass is 1020 g/mol. The van der Waals surface area contributed by atoms with Crippen molar-refractivity contribution in [3.8, 4) is 0 Å². The van der Waals surface area contributed by atoms with Crippen LogP contribution >= 0.6 is 0 Å². The summed E-state index contributed by atoms with van der Waals surface area (Å²) in [6.07, 6.45) is 78.9. The van der Waals surface area contributed by atoms with Gasteiger partial charge in [-0.2, -0.15) is 0 Å². The van der Waals surface area contributed by atoms with E-state index >= 15 is 0 Å². The van der Waals surface area contributed by atoms with E-state index in [1.807, 2.05) is 0 Å². The first-order valence-corrected chi connectivity index (χ1v) is 31.4. The van der Waals surface area contributed by atoms with Gasteiger partial charge in [0.1, 0.15) is 13.2 Å². The van der Waals surface area contributed by atoms with E-state index in [0.29, 0.717) is 19.3 Å². The third-order valence-corrected chi connectivity index (χ3v) is 13.7. The molecule has 0 saturated carbocycles. The number of carbonyl (C=O) groups is 3. The van der Waals surface area contributed by atoms with Gasteiger partial charge < -0.3 is 14.2 Å². The Morgan fingerprint density at radius 2 is 0.493 bits per heavy atom. The highest BCUT2D eigenvalue weighted by atomic mass is 16.6. The summed E-state index contributed by atoms with van der Waals surface area (Å²) in [7, 11) is 0. The summed E-state index contributed by atoms with van der Waals surface area (Å²) < 4.78 is 16.9. The molecule has 0 N–H and O–H groups in total. The molecule has 0 fully saturated rings. The van der Waals surface area contributed by atoms with Gasteiger partial charge in [-0.25, -0.2) is 0 Å². The van der Waals surface area contributed by atoms with E-state index in [2.05, 4.69) is 93.7 Å². The molecule has 0 spiro atoms. The van der Waals surface area contributed by atoms with Crippen molar-refractivity contribution >= 4 is 17.9 Å². The third-order valence-electron chi connectivity index (χ3n) is 13.7. The van der Waals surface area contributed by atoms with Gasteiger partial charge in [0.15, 0.2) is 6.10 Å². The minimum Gasteiger partial charge on any atom is -0.462 e. The van der Waals surface area contributed by atoms with Crippen LogP contribution in [-0.2, 0) is 28.6 Å². The predicted molar refractivity (Wildman–Crippen MR) is 316 cm³/mol. The molecule has 0 saturated heterocycles. The second-order valence-electron chi connectivity index (χ2n) is 21.0. The molecule has 0 amide bonds. The molecule has 0 aliphatic heterocycles. The molecule has 0 aromatic carbocycles. The van der Waals surface area contributed by atoms with Gasteiger partial charge in [-0.05, 0) is 116 Å². The highest BCUT2D eigenvalue weighted by molar-refractivity contribution is 5.71. The second kappa shape index (κ2) is 61.4. The van der Waals surface area contributed by atoms with Crippen LogP contribution in [0.5, 0.6) is 0 Å². The lowest BCUT2D eigenvalue weighted by molar-refractivity contribution is -0.167. The summed E-state index contributed by atoms with van der Waals surface area (Å²) in [6, 6.07) is 0. The molecule has 0 rings (SSSR count). The number of rotatable bonds is 57. The summed E-state index contributed by atoms with van der Waals surface area (Å²) in [5, 5.41) is 0. The van der Waals surface area contributed by atoms with Crippen molar-refractivity contribution in [2.45, 2.75) is 322 Å². The lowest BCUT2D eigenvalue weighted by Crippen LogP contribution is -2.30. The third kappa shape index (κ3) is 59.6. The zero-order chi connectivity index (χ0) is 52.9. The van der Waals surface area contributed by atoms with Crippen LogP contribution in [-0.4, -0.2) is 37.2 Å². The summed E-state index contributed by atoms with van der Waals surface area (Å²) in [5.74, 6) is -0.892. The van der Waals surface area contributed by atoms with Gasteiger partial charge in [-0.15, -0.1) is 0 Å². The maximum absolute atomic E-state index is 12.9. The molecule has 0 aromatic rings. The fourth-order valence-corrected chi connectivity index (χ4v) is 8.89. The van der Waals surface area contributed by atoms with Gasteiger partial charge in [-0.3, -0.25) is 14.4 Å². The highest BCUT2D eigenvalue weighted by Gasteiger charge is 2.19. The van der Waals surface area contributed by atoms with Crippen LogP contribution < -0.4 is 0 Å². The first-order valence-electron chi connectivity index (χ1n) is 31.4. The predicted octanol–water partition coefficient (Wildman–Crippen LogP) is 21.3. The fraction of sp³-hybridized carbons (Fsp3) is 0.776. The van der Waals surface area contributed by atoms with Crippen molar-refractivity contribution in [2.24, 2.45) is 0 Å². The normalized spacial score (nSPS) is 12.5. The molecular weight excluding hydrogens is 901 g/mol. The van der Waals surface area contributed by atoms with E-state index < -0.39 is 6.10 Å². The van der Waals surface area contributed by atoms with E-state index in [1.54, 1.807) is 0 Å². The Morgan fingerprint density at radius 3 is 0.808 bits per heavy atom. The van der Waals surface area contributed by atoms with E-state index in [0.717, 1.165) is 89.9 Å². The number of allylic oxidation sites excluding steroid dienone is 12. The maximum atomic E-state index is 12.9. The summed E-state index contributed by atoms with van der Waals surface area (Å²) in [4.78, 5) is 38.3. The number of unbranched alkanes of at least 4 members (excludes halogenated alkanes) is 34. The van der Waals surface area contributed by atoms with Crippen LogP contribution in [0.25, 0.3) is 0 Å².